The lowest BCUT2D eigenvalue weighted by molar-refractivity contribution is -0.115. The molecule has 0 unspecified atom stereocenters. The van der Waals surface area contributed by atoms with Crippen LogP contribution in [0.3, 0.4) is 0 Å². The van der Waals surface area contributed by atoms with Crippen LogP contribution in [0, 0.1) is 13.8 Å². The summed E-state index contributed by atoms with van der Waals surface area (Å²) in [5, 5.41) is 4.05. The zero-order chi connectivity index (χ0) is 18.1. The quantitative estimate of drug-likeness (QED) is 0.567. The fourth-order valence-electron chi connectivity index (χ4n) is 3.14. The Bertz CT molecular complexity index is 1070. The molecule has 2 aromatic carbocycles. The van der Waals surface area contributed by atoms with E-state index in [1.165, 1.54) is 0 Å². The van der Waals surface area contributed by atoms with Gasteiger partial charge in [-0.05, 0) is 42.8 Å². The van der Waals surface area contributed by atoms with Crippen molar-refractivity contribution in [1.29, 1.82) is 0 Å². The van der Waals surface area contributed by atoms with Crippen molar-refractivity contribution in [3.05, 3.63) is 71.9 Å². The summed E-state index contributed by atoms with van der Waals surface area (Å²) in [4.78, 5) is 19.9. The van der Waals surface area contributed by atoms with Crippen LogP contribution < -0.4 is 5.32 Å². The van der Waals surface area contributed by atoms with Gasteiger partial charge in [-0.25, -0.2) is 4.98 Å². The number of fused-ring (bicyclic) bond motifs is 1. The standard InChI is InChI=1S/C21H19N3O2/c1-13-18(17-5-3-4-6-19(17)23-13)11-21(25)24-16-9-7-15(8-10-16)20-12-22-14(2)26-20/h3-10,12,23H,11H2,1-2H3,(H,24,25). The number of H-pyrrole nitrogens is 1. The average molecular weight is 345 g/mol. The molecule has 2 aromatic heterocycles. The fourth-order valence-corrected chi connectivity index (χ4v) is 3.14. The van der Waals surface area contributed by atoms with Crippen molar-refractivity contribution in [3.8, 4) is 11.3 Å². The van der Waals surface area contributed by atoms with E-state index in [4.69, 9.17) is 4.42 Å². The van der Waals surface area contributed by atoms with Gasteiger partial charge in [-0.1, -0.05) is 18.2 Å². The molecule has 0 spiro atoms. The summed E-state index contributed by atoms with van der Waals surface area (Å²) in [5.41, 5.74) is 4.80. The fraction of sp³-hybridized carbons (Fsp3) is 0.143. The molecule has 0 saturated heterocycles. The molecule has 0 aliphatic heterocycles. The lowest BCUT2D eigenvalue weighted by Gasteiger charge is -2.06. The Balaban J connectivity index is 1.48. The molecule has 4 aromatic rings. The number of carbonyl (C=O) groups is 1. The number of nitrogens with one attached hydrogen (secondary N) is 2. The first-order chi connectivity index (χ1) is 12.6. The third-order valence-electron chi connectivity index (χ3n) is 4.44. The van der Waals surface area contributed by atoms with Gasteiger partial charge in [0.2, 0.25) is 5.91 Å². The number of amides is 1. The van der Waals surface area contributed by atoms with Gasteiger partial charge in [0, 0.05) is 34.8 Å². The molecule has 1 amide bonds. The lowest BCUT2D eigenvalue weighted by Crippen LogP contribution is -2.14. The topological polar surface area (TPSA) is 70.9 Å². The van der Waals surface area contributed by atoms with Crippen LogP contribution in [0.5, 0.6) is 0 Å². The van der Waals surface area contributed by atoms with Crippen molar-refractivity contribution in [2.45, 2.75) is 20.3 Å². The number of anilines is 1. The summed E-state index contributed by atoms with van der Waals surface area (Å²) in [6.07, 6.45) is 2.03. The van der Waals surface area contributed by atoms with Crippen molar-refractivity contribution < 1.29 is 9.21 Å². The number of oxazole rings is 1. The van der Waals surface area contributed by atoms with Crippen LogP contribution in [0.15, 0.2) is 59.1 Å². The van der Waals surface area contributed by atoms with E-state index < -0.39 is 0 Å². The first-order valence-corrected chi connectivity index (χ1v) is 8.49. The number of rotatable bonds is 4. The van der Waals surface area contributed by atoms with E-state index in [0.29, 0.717) is 12.3 Å². The number of benzene rings is 2. The van der Waals surface area contributed by atoms with Crippen LogP contribution in [0.2, 0.25) is 0 Å². The smallest absolute Gasteiger partial charge is 0.228 e. The second-order valence-electron chi connectivity index (χ2n) is 6.32. The average Bonchev–Trinajstić information content (AvgIpc) is 3.19. The van der Waals surface area contributed by atoms with E-state index in [-0.39, 0.29) is 5.91 Å². The molecule has 5 heteroatoms. The Morgan fingerprint density at radius 2 is 1.88 bits per heavy atom. The number of aromatic amines is 1. The highest BCUT2D eigenvalue weighted by molar-refractivity contribution is 5.96. The third kappa shape index (κ3) is 3.11. The molecule has 130 valence electrons. The minimum atomic E-state index is -0.0406. The number of nitrogens with zero attached hydrogens (tertiary/aromatic N) is 1. The molecular formula is C21H19N3O2. The normalized spacial score (nSPS) is 11.0. The summed E-state index contributed by atoms with van der Waals surface area (Å²) in [6, 6.07) is 15.6. The van der Waals surface area contributed by atoms with Gasteiger partial charge in [0.1, 0.15) is 0 Å². The van der Waals surface area contributed by atoms with E-state index in [1.807, 2.05) is 62.4 Å². The minimum Gasteiger partial charge on any atom is -0.441 e. The second kappa shape index (κ2) is 6.52. The second-order valence-corrected chi connectivity index (χ2v) is 6.32. The van der Waals surface area contributed by atoms with Crippen molar-refractivity contribution >= 4 is 22.5 Å². The van der Waals surface area contributed by atoms with Crippen molar-refractivity contribution in [2.75, 3.05) is 5.32 Å². The van der Waals surface area contributed by atoms with Crippen LogP contribution in [-0.4, -0.2) is 15.9 Å². The largest absolute Gasteiger partial charge is 0.441 e. The molecule has 0 saturated carbocycles. The Kier molecular flexibility index (Phi) is 4.05. The SMILES string of the molecule is Cc1ncc(-c2ccc(NC(=O)Cc3c(C)[nH]c4ccccc34)cc2)o1. The van der Waals surface area contributed by atoms with Crippen LogP contribution in [0.25, 0.3) is 22.2 Å². The summed E-state index contributed by atoms with van der Waals surface area (Å²) in [5.74, 6) is 1.31. The Morgan fingerprint density at radius 1 is 1.12 bits per heavy atom. The molecule has 4 rings (SSSR count). The minimum absolute atomic E-state index is 0.0406. The molecule has 26 heavy (non-hydrogen) atoms. The third-order valence-corrected chi connectivity index (χ3v) is 4.44. The van der Waals surface area contributed by atoms with E-state index in [0.717, 1.165) is 39.2 Å². The molecule has 0 aliphatic carbocycles. The number of aryl methyl sites for hydroxylation is 2. The zero-order valence-corrected chi connectivity index (χ0v) is 14.7. The Hall–Kier alpha value is -3.34. The van der Waals surface area contributed by atoms with Crippen molar-refractivity contribution in [1.82, 2.24) is 9.97 Å². The predicted octanol–water partition coefficient (Wildman–Crippen LogP) is 4.62. The van der Waals surface area contributed by atoms with E-state index in [9.17, 15) is 4.79 Å². The monoisotopic (exact) mass is 345 g/mol. The van der Waals surface area contributed by atoms with Crippen LogP contribution in [0.1, 0.15) is 17.1 Å². The summed E-state index contributed by atoms with van der Waals surface area (Å²) in [7, 11) is 0. The predicted molar refractivity (Wildman–Crippen MR) is 102 cm³/mol. The van der Waals surface area contributed by atoms with Crippen LogP contribution >= 0.6 is 0 Å². The Morgan fingerprint density at radius 3 is 2.62 bits per heavy atom. The zero-order valence-electron chi connectivity index (χ0n) is 14.7. The number of hydrogen-bond acceptors (Lipinski definition) is 3. The molecule has 0 fully saturated rings. The molecule has 2 heterocycles. The lowest BCUT2D eigenvalue weighted by atomic mass is 10.1. The van der Waals surface area contributed by atoms with Gasteiger partial charge in [-0.2, -0.15) is 0 Å². The Labute approximate surface area is 151 Å². The van der Waals surface area contributed by atoms with Gasteiger partial charge in [0.25, 0.3) is 0 Å². The van der Waals surface area contributed by atoms with Crippen LogP contribution in [0.4, 0.5) is 5.69 Å². The summed E-state index contributed by atoms with van der Waals surface area (Å²) < 4.78 is 5.51. The molecule has 0 atom stereocenters. The number of hydrogen-bond donors (Lipinski definition) is 2. The van der Waals surface area contributed by atoms with Gasteiger partial charge in [0.05, 0.1) is 12.6 Å². The van der Waals surface area contributed by atoms with Gasteiger partial charge in [-0.15, -0.1) is 0 Å². The summed E-state index contributed by atoms with van der Waals surface area (Å²) in [6.45, 7) is 3.81. The highest BCUT2D eigenvalue weighted by atomic mass is 16.4. The van der Waals surface area contributed by atoms with E-state index in [1.54, 1.807) is 6.20 Å². The number of aromatic nitrogens is 2. The van der Waals surface area contributed by atoms with Crippen molar-refractivity contribution in [3.63, 3.8) is 0 Å². The van der Waals surface area contributed by atoms with Gasteiger partial charge in [0.15, 0.2) is 11.7 Å². The van der Waals surface area contributed by atoms with Crippen molar-refractivity contribution in [2.24, 2.45) is 0 Å². The maximum atomic E-state index is 12.5. The van der Waals surface area contributed by atoms with Gasteiger partial charge >= 0.3 is 0 Å². The van der Waals surface area contributed by atoms with Gasteiger partial charge < -0.3 is 14.7 Å². The summed E-state index contributed by atoms with van der Waals surface area (Å²) >= 11 is 0. The van der Waals surface area contributed by atoms with Crippen LogP contribution in [-0.2, 0) is 11.2 Å². The molecule has 5 nitrogen and oxygen atoms in total. The molecule has 2 N–H and O–H groups in total. The number of para-hydroxylation sites is 1. The molecular weight excluding hydrogens is 326 g/mol. The molecule has 0 bridgehead atoms. The van der Waals surface area contributed by atoms with E-state index >= 15 is 0 Å². The molecule has 0 aliphatic rings. The van der Waals surface area contributed by atoms with Gasteiger partial charge in [-0.3, -0.25) is 4.79 Å². The maximum Gasteiger partial charge on any atom is 0.228 e. The number of carbonyl (C=O) groups excluding carboxylic acids is 1. The highest BCUT2D eigenvalue weighted by Gasteiger charge is 2.12. The highest BCUT2D eigenvalue weighted by Crippen LogP contribution is 2.24. The van der Waals surface area contributed by atoms with E-state index in [2.05, 4.69) is 15.3 Å². The molecule has 0 radical (unpaired) electrons. The first-order valence-electron chi connectivity index (χ1n) is 8.49. The maximum absolute atomic E-state index is 12.5. The first kappa shape index (κ1) is 16.1.